The molecule has 0 saturated carbocycles. The van der Waals surface area contributed by atoms with E-state index >= 15 is 0 Å². The lowest BCUT2D eigenvalue weighted by Gasteiger charge is -2.26. The fraction of sp³-hybridized carbons (Fsp3) is 0.500. The van der Waals surface area contributed by atoms with Gasteiger partial charge in [0.05, 0.1) is 19.3 Å². The summed E-state index contributed by atoms with van der Waals surface area (Å²) < 4.78 is 25.8. The zero-order chi connectivity index (χ0) is 20.7. The third-order valence-corrected chi connectivity index (χ3v) is 6.68. The Morgan fingerprint density at radius 1 is 1.31 bits per heavy atom. The van der Waals surface area contributed by atoms with Crippen molar-refractivity contribution in [2.24, 2.45) is 5.92 Å². The van der Waals surface area contributed by atoms with Gasteiger partial charge in [-0.1, -0.05) is 36.8 Å². The minimum Gasteiger partial charge on any atom is -0.426 e. The molecule has 1 N–H and O–H groups in total. The lowest BCUT2D eigenvalue weighted by molar-refractivity contribution is -0.0320. The molecule has 4 unspecified atom stereocenters. The molecule has 3 heterocycles. The molecule has 0 spiro atoms. The zero-order valence-corrected chi connectivity index (χ0v) is 18.6. The number of aromatic nitrogens is 2. The van der Waals surface area contributed by atoms with Gasteiger partial charge in [-0.15, -0.1) is 0 Å². The molecule has 2 aromatic rings. The Bertz CT molecular complexity index is 1040. The number of fused-ring (bicyclic) bond motifs is 1. The van der Waals surface area contributed by atoms with Crippen LogP contribution in [0.2, 0.25) is 0 Å². The first kappa shape index (κ1) is 20.7. The first-order chi connectivity index (χ1) is 13.8. The predicted molar refractivity (Wildman–Crippen MR) is 113 cm³/mol. The average molecular weight is 436 g/mol. The molecule has 0 radical (unpaired) electrons. The third-order valence-electron chi connectivity index (χ3n) is 5.23. The highest BCUT2D eigenvalue weighted by molar-refractivity contribution is 7.71. The van der Waals surface area contributed by atoms with Gasteiger partial charge in [0.15, 0.2) is 0 Å². The molecule has 0 bridgehead atoms. The highest BCUT2D eigenvalue weighted by Crippen LogP contribution is 2.49. The summed E-state index contributed by atoms with van der Waals surface area (Å²) in [4.78, 5) is 15.0. The van der Waals surface area contributed by atoms with Crippen LogP contribution in [0.3, 0.4) is 0 Å². The maximum atomic E-state index is 12.3. The summed E-state index contributed by atoms with van der Waals surface area (Å²) in [5.74, 6) is 1.02. The van der Waals surface area contributed by atoms with E-state index in [0.29, 0.717) is 17.9 Å². The average Bonchev–Trinajstić information content (AvgIpc) is 3.03. The van der Waals surface area contributed by atoms with Crippen LogP contribution in [0.1, 0.15) is 41.8 Å². The normalized spacial score (nSPS) is 26.2. The molecule has 4 rings (SSSR count). The number of rotatable bonds is 4. The van der Waals surface area contributed by atoms with E-state index in [-0.39, 0.29) is 23.9 Å². The van der Waals surface area contributed by atoms with E-state index in [0.717, 1.165) is 28.9 Å². The summed E-state index contributed by atoms with van der Waals surface area (Å²) in [6.45, 7) is 8.85. The van der Waals surface area contributed by atoms with Crippen molar-refractivity contribution in [1.29, 1.82) is 0 Å². The number of hydrogen-bond acceptors (Lipinski definition) is 6. The molecule has 7 nitrogen and oxygen atoms in total. The number of ether oxygens (including phenoxy) is 1. The van der Waals surface area contributed by atoms with Crippen LogP contribution in [-0.4, -0.2) is 22.3 Å². The van der Waals surface area contributed by atoms with Gasteiger partial charge in [-0.2, -0.15) is 0 Å². The van der Waals surface area contributed by atoms with Crippen LogP contribution in [0.5, 0.6) is 5.75 Å². The number of hydrogen-bond donors (Lipinski definition) is 1. The molecule has 1 aromatic carbocycles. The second-order valence-electron chi connectivity index (χ2n) is 7.79. The Morgan fingerprint density at radius 2 is 2.10 bits per heavy atom. The van der Waals surface area contributed by atoms with Gasteiger partial charge in [0.2, 0.25) is 0 Å². The quantitative estimate of drug-likeness (QED) is 0.557. The first-order valence-electron chi connectivity index (χ1n) is 9.63. The smallest absolute Gasteiger partial charge is 0.397 e. The SMILES string of the molecule is Cc1cc(C)c2c(c1)COP(OCC1CC(C)C(n3cc(C)c(=S)[nH]c3=O)O1)O2. The van der Waals surface area contributed by atoms with Gasteiger partial charge in [0, 0.05) is 23.2 Å². The fourth-order valence-corrected chi connectivity index (χ4v) is 5.11. The molecule has 2 aliphatic rings. The maximum absolute atomic E-state index is 12.3. The van der Waals surface area contributed by atoms with Crippen molar-refractivity contribution in [2.45, 2.75) is 53.1 Å². The Labute approximate surface area is 176 Å². The van der Waals surface area contributed by atoms with E-state index in [1.807, 2.05) is 13.8 Å². The van der Waals surface area contributed by atoms with Crippen molar-refractivity contribution in [1.82, 2.24) is 9.55 Å². The van der Waals surface area contributed by atoms with Gasteiger partial charge >= 0.3 is 14.3 Å². The van der Waals surface area contributed by atoms with Gasteiger partial charge in [-0.3, -0.25) is 18.6 Å². The second kappa shape index (κ2) is 8.28. The molecule has 2 aliphatic heterocycles. The third kappa shape index (κ3) is 4.32. The van der Waals surface area contributed by atoms with Crippen molar-refractivity contribution in [3.63, 3.8) is 0 Å². The van der Waals surface area contributed by atoms with E-state index in [9.17, 15) is 4.79 Å². The first-order valence-corrected chi connectivity index (χ1v) is 11.1. The predicted octanol–water partition coefficient (Wildman–Crippen LogP) is 4.61. The monoisotopic (exact) mass is 436 g/mol. The molecule has 0 amide bonds. The minimum atomic E-state index is -1.47. The highest BCUT2D eigenvalue weighted by atomic mass is 32.1. The fourth-order valence-electron chi connectivity index (χ4n) is 3.85. The van der Waals surface area contributed by atoms with Crippen LogP contribution in [-0.2, 0) is 20.4 Å². The molecular formula is C20H25N2O5PS. The number of aryl methyl sites for hydroxylation is 3. The molecule has 9 heteroatoms. The topological polar surface area (TPSA) is 74.7 Å². The van der Waals surface area contributed by atoms with Crippen LogP contribution in [0.25, 0.3) is 0 Å². The van der Waals surface area contributed by atoms with Gasteiger partial charge in [-0.05, 0) is 32.8 Å². The van der Waals surface area contributed by atoms with Crippen molar-refractivity contribution >= 4 is 20.8 Å². The maximum Gasteiger partial charge on any atom is 0.397 e. The van der Waals surface area contributed by atoms with Crippen LogP contribution in [0.15, 0.2) is 23.1 Å². The summed E-state index contributed by atoms with van der Waals surface area (Å²) in [6, 6.07) is 4.17. The van der Waals surface area contributed by atoms with E-state index < -0.39 is 8.60 Å². The molecule has 29 heavy (non-hydrogen) atoms. The number of nitrogens with zero attached hydrogens (tertiary/aromatic N) is 1. The summed E-state index contributed by atoms with van der Waals surface area (Å²) in [6.07, 6.45) is 2.04. The van der Waals surface area contributed by atoms with Gasteiger partial charge < -0.3 is 9.26 Å². The van der Waals surface area contributed by atoms with Gasteiger partial charge in [0.1, 0.15) is 16.6 Å². The van der Waals surface area contributed by atoms with Crippen molar-refractivity contribution in [3.8, 4) is 5.75 Å². The molecule has 1 saturated heterocycles. The summed E-state index contributed by atoms with van der Waals surface area (Å²) in [5.41, 5.74) is 3.90. The molecule has 156 valence electrons. The summed E-state index contributed by atoms with van der Waals surface area (Å²) >= 11 is 5.13. The van der Waals surface area contributed by atoms with E-state index in [1.54, 1.807) is 10.8 Å². The highest BCUT2D eigenvalue weighted by Gasteiger charge is 2.36. The summed E-state index contributed by atoms with van der Waals surface area (Å²) in [7, 11) is -1.47. The van der Waals surface area contributed by atoms with Crippen LogP contribution < -0.4 is 10.2 Å². The van der Waals surface area contributed by atoms with Crippen LogP contribution in [0.4, 0.5) is 0 Å². The Morgan fingerprint density at radius 3 is 2.90 bits per heavy atom. The molecule has 0 aliphatic carbocycles. The standard InChI is InChI=1S/C20H25N2O5PS/c1-11-5-12(2)17-15(6-11)9-24-28(27-17)25-10-16-7-13(3)19(26-16)22-8-14(4)18(29)21-20(22)23/h5-6,8,13,16,19H,7,9-10H2,1-4H3,(H,21,23,29). The molecular weight excluding hydrogens is 411 g/mol. The lowest BCUT2D eigenvalue weighted by Crippen LogP contribution is -2.30. The van der Waals surface area contributed by atoms with Crippen molar-refractivity contribution in [2.75, 3.05) is 6.61 Å². The van der Waals surface area contributed by atoms with Crippen molar-refractivity contribution < 1.29 is 18.3 Å². The summed E-state index contributed by atoms with van der Waals surface area (Å²) in [5, 5.41) is 0. The number of nitrogens with one attached hydrogen (secondary N) is 1. The van der Waals surface area contributed by atoms with E-state index in [4.69, 9.17) is 30.5 Å². The Balaban J connectivity index is 1.39. The molecule has 1 aromatic heterocycles. The minimum absolute atomic E-state index is 0.138. The lowest BCUT2D eigenvalue weighted by atomic mass is 10.1. The zero-order valence-electron chi connectivity index (χ0n) is 16.9. The van der Waals surface area contributed by atoms with E-state index in [2.05, 4.69) is 31.0 Å². The Hall–Kier alpha value is -1.57. The largest absolute Gasteiger partial charge is 0.426 e. The number of aromatic amines is 1. The van der Waals surface area contributed by atoms with Gasteiger partial charge in [-0.25, -0.2) is 4.79 Å². The molecule has 4 atom stereocenters. The Kier molecular flexibility index (Phi) is 5.91. The second-order valence-corrected chi connectivity index (χ2v) is 9.35. The number of H-pyrrole nitrogens is 1. The van der Waals surface area contributed by atoms with Crippen LogP contribution in [0, 0.1) is 31.3 Å². The van der Waals surface area contributed by atoms with E-state index in [1.165, 1.54) is 5.56 Å². The van der Waals surface area contributed by atoms with Crippen molar-refractivity contribution in [3.05, 3.63) is 55.7 Å². The number of benzene rings is 1. The van der Waals surface area contributed by atoms with Gasteiger partial charge in [0.25, 0.3) is 0 Å². The molecule has 1 fully saturated rings. The van der Waals surface area contributed by atoms with Crippen LogP contribution >= 0.6 is 20.8 Å².